The Morgan fingerprint density at radius 2 is 0.942 bits per heavy atom. The van der Waals surface area contributed by atoms with Crippen LogP contribution in [-0.2, 0) is 14.1 Å². The topological polar surface area (TPSA) is 32.2 Å². The molecule has 8 aromatic carbocycles. The molecule has 0 aliphatic carbocycles. The summed E-state index contributed by atoms with van der Waals surface area (Å²) in [6.45, 7) is 0. The molecular formula is C48H30N2O2. The summed E-state index contributed by atoms with van der Waals surface area (Å²) >= 11 is 0. The third-order valence-electron chi connectivity index (χ3n) is 11.5. The fraction of sp³-hybridized carbons (Fsp3) is 0.0417. The van der Waals surface area contributed by atoms with Crippen molar-refractivity contribution in [1.29, 1.82) is 0 Å². The molecule has 12 rings (SSSR count). The second kappa shape index (κ2) is 9.93. The summed E-state index contributed by atoms with van der Waals surface area (Å²) < 4.78 is 18.0. The molecule has 3 aromatic heterocycles. The quantitative estimate of drug-likeness (QED) is 0.184. The van der Waals surface area contributed by atoms with Crippen LogP contribution in [0.25, 0.3) is 110 Å². The van der Waals surface area contributed by atoms with Gasteiger partial charge in [-0.05, 0) is 100 Å². The smallest absolute Gasteiger partial charge is 0.136 e. The van der Waals surface area contributed by atoms with E-state index in [1.165, 1.54) is 54.7 Å². The minimum absolute atomic E-state index is 0.858. The van der Waals surface area contributed by atoms with Gasteiger partial charge < -0.3 is 18.3 Å². The van der Waals surface area contributed by atoms with E-state index in [1.807, 2.05) is 0 Å². The Kier molecular flexibility index (Phi) is 5.34. The van der Waals surface area contributed by atoms with Gasteiger partial charge in [-0.25, -0.2) is 0 Å². The van der Waals surface area contributed by atoms with Gasteiger partial charge in [0.25, 0.3) is 0 Å². The van der Waals surface area contributed by atoms with Crippen molar-refractivity contribution in [2.75, 3.05) is 0 Å². The normalized spacial score (nSPS) is 12.6. The largest absolute Gasteiger partial charge is 0.456 e. The van der Waals surface area contributed by atoms with Crippen molar-refractivity contribution in [3.8, 4) is 44.9 Å². The molecular weight excluding hydrogens is 637 g/mol. The van der Waals surface area contributed by atoms with Crippen molar-refractivity contribution in [2.45, 2.75) is 0 Å². The average molecular weight is 667 g/mol. The SMILES string of the molecule is Cn1c2ccccc2c2cc(-c3ccc4c(c3)Oc3cccc5c3c-4cc3oc4cc(-c6ccc7c(c6)c6ccccc6n7C)ccc4c35)ccc21. The molecule has 0 atom stereocenters. The summed E-state index contributed by atoms with van der Waals surface area (Å²) in [4.78, 5) is 0. The lowest BCUT2D eigenvalue weighted by Crippen LogP contribution is -1.97. The Bertz CT molecular complexity index is 3350. The summed E-state index contributed by atoms with van der Waals surface area (Å²) in [6.07, 6.45) is 0. The molecule has 0 saturated carbocycles. The molecule has 0 radical (unpaired) electrons. The average Bonchev–Trinajstić information content (AvgIpc) is 3.81. The minimum Gasteiger partial charge on any atom is -0.456 e. The van der Waals surface area contributed by atoms with E-state index in [2.05, 4.69) is 169 Å². The molecule has 0 bridgehead atoms. The van der Waals surface area contributed by atoms with E-state index < -0.39 is 0 Å². The molecule has 4 heteroatoms. The Morgan fingerprint density at radius 1 is 0.365 bits per heavy atom. The predicted octanol–water partition coefficient (Wildman–Crippen LogP) is 13.1. The first-order valence-electron chi connectivity index (χ1n) is 17.8. The summed E-state index contributed by atoms with van der Waals surface area (Å²) in [6, 6.07) is 52.6. The molecule has 0 spiro atoms. The third-order valence-corrected chi connectivity index (χ3v) is 11.5. The second-order valence-electron chi connectivity index (χ2n) is 14.2. The maximum Gasteiger partial charge on any atom is 0.136 e. The first-order valence-corrected chi connectivity index (χ1v) is 17.8. The van der Waals surface area contributed by atoms with Crippen LogP contribution >= 0.6 is 0 Å². The highest BCUT2D eigenvalue weighted by molar-refractivity contribution is 6.24. The van der Waals surface area contributed by atoms with Gasteiger partial charge >= 0.3 is 0 Å². The fourth-order valence-electron chi connectivity index (χ4n) is 9.01. The third kappa shape index (κ3) is 3.65. The van der Waals surface area contributed by atoms with Crippen LogP contribution in [0.5, 0.6) is 11.5 Å². The molecule has 244 valence electrons. The molecule has 0 fully saturated rings. The molecule has 0 amide bonds. The van der Waals surface area contributed by atoms with Crippen molar-refractivity contribution in [2.24, 2.45) is 14.1 Å². The lowest BCUT2D eigenvalue weighted by molar-refractivity contribution is 0.487. The van der Waals surface area contributed by atoms with Crippen LogP contribution in [0.15, 0.2) is 150 Å². The fourth-order valence-corrected chi connectivity index (χ4v) is 9.01. The van der Waals surface area contributed by atoms with Crippen molar-refractivity contribution in [3.05, 3.63) is 146 Å². The first-order chi connectivity index (χ1) is 25.6. The second-order valence-corrected chi connectivity index (χ2v) is 14.2. The Balaban J connectivity index is 0.997. The van der Waals surface area contributed by atoms with Crippen LogP contribution in [0, 0.1) is 0 Å². The number of benzene rings is 8. The van der Waals surface area contributed by atoms with Gasteiger partial charge in [-0.1, -0.05) is 72.8 Å². The van der Waals surface area contributed by atoms with Gasteiger partial charge in [-0.15, -0.1) is 0 Å². The molecule has 0 saturated heterocycles. The summed E-state index contributed by atoms with van der Waals surface area (Å²) in [7, 11) is 4.28. The number of furan rings is 1. The van der Waals surface area contributed by atoms with Crippen molar-refractivity contribution in [1.82, 2.24) is 9.13 Å². The van der Waals surface area contributed by atoms with Gasteiger partial charge in [0.2, 0.25) is 0 Å². The molecule has 4 heterocycles. The number of hydrogen-bond donors (Lipinski definition) is 0. The lowest BCUT2D eigenvalue weighted by atomic mass is 9.90. The highest BCUT2D eigenvalue weighted by atomic mass is 16.5. The van der Waals surface area contributed by atoms with Gasteiger partial charge in [0.05, 0.1) is 0 Å². The van der Waals surface area contributed by atoms with E-state index in [0.29, 0.717) is 0 Å². The number of nitrogens with zero attached hydrogens (tertiary/aromatic N) is 2. The number of ether oxygens (including phenoxy) is 1. The van der Waals surface area contributed by atoms with Gasteiger partial charge in [0.1, 0.15) is 22.7 Å². The van der Waals surface area contributed by atoms with E-state index >= 15 is 0 Å². The number of para-hydroxylation sites is 2. The summed E-state index contributed by atoms with van der Waals surface area (Å²) in [5.74, 6) is 1.73. The molecule has 0 unspecified atom stereocenters. The Morgan fingerprint density at radius 3 is 1.65 bits per heavy atom. The number of aryl methyl sites for hydroxylation is 2. The van der Waals surface area contributed by atoms with Crippen LogP contribution < -0.4 is 4.74 Å². The van der Waals surface area contributed by atoms with Gasteiger partial charge in [-0.2, -0.15) is 0 Å². The van der Waals surface area contributed by atoms with Crippen LogP contribution in [-0.4, -0.2) is 9.13 Å². The molecule has 11 aromatic rings. The molecule has 1 aliphatic heterocycles. The van der Waals surface area contributed by atoms with Gasteiger partial charge in [-0.3, -0.25) is 0 Å². The number of aromatic nitrogens is 2. The van der Waals surface area contributed by atoms with E-state index in [4.69, 9.17) is 9.15 Å². The van der Waals surface area contributed by atoms with Crippen LogP contribution in [0.2, 0.25) is 0 Å². The van der Waals surface area contributed by atoms with Gasteiger partial charge in [0.15, 0.2) is 0 Å². The van der Waals surface area contributed by atoms with E-state index in [9.17, 15) is 0 Å². The maximum absolute atomic E-state index is 6.73. The highest BCUT2D eigenvalue weighted by Gasteiger charge is 2.25. The zero-order valence-electron chi connectivity index (χ0n) is 28.6. The van der Waals surface area contributed by atoms with Crippen molar-refractivity contribution >= 4 is 76.3 Å². The maximum atomic E-state index is 6.73. The standard InChI is InChI=1S/C48H30N2O2/c1-49-39-11-5-3-8-31(39)36-22-27(16-20-41(36)49)29-14-18-33-38-26-46-47(35-10-7-13-43(48(35)38)51-44(33)24-29)34-19-15-30(25-45(34)52-46)28-17-21-42-37(23-28)32-9-4-6-12-40(32)50(42)2/h3-26H,1-2H3. The molecule has 4 nitrogen and oxygen atoms in total. The first kappa shape index (κ1) is 28.0. The van der Waals surface area contributed by atoms with Crippen LogP contribution in [0.4, 0.5) is 0 Å². The molecule has 0 N–H and O–H groups in total. The lowest BCUT2D eigenvalue weighted by Gasteiger charge is -2.22. The van der Waals surface area contributed by atoms with E-state index in [1.54, 1.807) is 0 Å². The number of fused-ring (bicyclic) bond motifs is 12. The van der Waals surface area contributed by atoms with Crippen LogP contribution in [0.3, 0.4) is 0 Å². The zero-order chi connectivity index (χ0) is 34.2. The summed E-state index contributed by atoms with van der Waals surface area (Å²) in [5.41, 5.74) is 13.5. The number of hydrogen-bond acceptors (Lipinski definition) is 2. The Labute approximate surface area is 298 Å². The van der Waals surface area contributed by atoms with Crippen molar-refractivity contribution < 1.29 is 9.15 Å². The monoisotopic (exact) mass is 666 g/mol. The zero-order valence-corrected chi connectivity index (χ0v) is 28.6. The van der Waals surface area contributed by atoms with Crippen molar-refractivity contribution in [3.63, 3.8) is 0 Å². The highest BCUT2D eigenvalue weighted by Crippen LogP contribution is 2.51. The molecule has 1 aliphatic rings. The van der Waals surface area contributed by atoms with Gasteiger partial charge in [0, 0.05) is 85.0 Å². The number of rotatable bonds is 2. The predicted molar refractivity (Wildman–Crippen MR) is 216 cm³/mol. The van der Waals surface area contributed by atoms with E-state index in [-0.39, 0.29) is 0 Å². The van der Waals surface area contributed by atoms with Crippen LogP contribution in [0.1, 0.15) is 0 Å². The van der Waals surface area contributed by atoms with E-state index in [0.717, 1.165) is 66.5 Å². The minimum atomic E-state index is 0.858. The molecule has 52 heavy (non-hydrogen) atoms. The Hall–Kier alpha value is -6.78. The summed E-state index contributed by atoms with van der Waals surface area (Å²) in [5, 5.41) is 9.56.